The van der Waals surface area contributed by atoms with Gasteiger partial charge in [0.2, 0.25) is 0 Å². The number of hydrogen-bond donors (Lipinski definition) is 0. The van der Waals surface area contributed by atoms with Crippen molar-refractivity contribution in [2.75, 3.05) is 0 Å². The van der Waals surface area contributed by atoms with Crippen molar-refractivity contribution in [3.05, 3.63) is 65.7 Å². The molecule has 0 spiro atoms. The number of rotatable bonds is 6. The fraction of sp³-hybridized carbons (Fsp3) is 0.391. The van der Waals surface area contributed by atoms with Gasteiger partial charge in [0.15, 0.2) is 0 Å². The molecule has 0 bridgehead atoms. The second kappa shape index (κ2) is 9.51. The SMILES string of the molecule is FC(F)(F)Oc1ccc(-c2ccc(CCC3CCC(/C=C/Cl)CC3)cc2)cc1. The molecule has 1 aliphatic rings. The van der Waals surface area contributed by atoms with Gasteiger partial charge in [0.25, 0.3) is 0 Å². The lowest BCUT2D eigenvalue weighted by Gasteiger charge is -2.26. The normalized spacial score (nSPS) is 20.4. The van der Waals surface area contributed by atoms with Gasteiger partial charge in [-0.25, -0.2) is 0 Å². The summed E-state index contributed by atoms with van der Waals surface area (Å²) in [6.07, 6.45) is 4.66. The number of benzene rings is 2. The Morgan fingerprint density at radius 3 is 2.00 bits per heavy atom. The first-order chi connectivity index (χ1) is 13.4. The first-order valence-electron chi connectivity index (χ1n) is 9.65. The van der Waals surface area contributed by atoms with Gasteiger partial charge in [-0.15, -0.1) is 13.2 Å². The number of aryl methyl sites for hydroxylation is 1. The minimum Gasteiger partial charge on any atom is -0.406 e. The molecule has 1 nitrogen and oxygen atoms in total. The lowest BCUT2D eigenvalue weighted by molar-refractivity contribution is -0.274. The van der Waals surface area contributed by atoms with Crippen molar-refractivity contribution in [3.8, 4) is 16.9 Å². The summed E-state index contributed by atoms with van der Waals surface area (Å²) in [6, 6.07) is 14.2. The zero-order valence-corrected chi connectivity index (χ0v) is 16.3. The van der Waals surface area contributed by atoms with Gasteiger partial charge < -0.3 is 4.74 Å². The highest BCUT2D eigenvalue weighted by Crippen LogP contribution is 2.33. The third kappa shape index (κ3) is 6.30. The van der Waals surface area contributed by atoms with Crippen LogP contribution in [0.5, 0.6) is 5.75 Å². The molecule has 0 heterocycles. The largest absolute Gasteiger partial charge is 0.573 e. The monoisotopic (exact) mass is 408 g/mol. The maximum absolute atomic E-state index is 12.2. The van der Waals surface area contributed by atoms with E-state index < -0.39 is 6.36 Å². The van der Waals surface area contributed by atoms with Crippen molar-refractivity contribution >= 4 is 11.6 Å². The van der Waals surface area contributed by atoms with Crippen molar-refractivity contribution in [2.45, 2.75) is 44.9 Å². The summed E-state index contributed by atoms with van der Waals surface area (Å²) in [5, 5.41) is 0. The molecule has 0 N–H and O–H groups in total. The summed E-state index contributed by atoms with van der Waals surface area (Å²) < 4.78 is 40.6. The summed E-state index contributed by atoms with van der Waals surface area (Å²) in [7, 11) is 0. The lowest BCUT2D eigenvalue weighted by Crippen LogP contribution is -2.16. The average molecular weight is 409 g/mol. The second-order valence-electron chi connectivity index (χ2n) is 7.41. The molecule has 0 saturated heterocycles. The van der Waals surface area contributed by atoms with Gasteiger partial charge in [-0.05, 0) is 79.2 Å². The first-order valence-corrected chi connectivity index (χ1v) is 10.1. The van der Waals surface area contributed by atoms with E-state index in [0.717, 1.165) is 23.5 Å². The van der Waals surface area contributed by atoms with E-state index >= 15 is 0 Å². The van der Waals surface area contributed by atoms with Crippen LogP contribution in [0.1, 0.15) is 37.7 Å². The Bertz CT molecular complexity index is 758. The standard InChI is InChI=1S/C23H24ClF3O/c24-16-15-19-5-3-17(4-6-19)1-2-18-7-9-20(10-8-18)21-11-13-22(14-12-21)28-23(25,26)27/h7-17,19H,1-6H2/b16-15+. The van der Waals surface area contributed by atoms with Crippen LogP contribution in [0.2, 0.25) is 0 Å². The molecule has 0 unspecified atom stereocenters. The maximum atomic E-state index is 12.2. The summed E-state index contributed by atoms with van der Waals surface area (Å²) in [5.41, 5.74) is 4.79. The predicted molar refractivity (Wildman–Crippen MR) is 107 cm³/mol. The summed E-state index contributed by atoms with van der Waals surface area (Å²) >= 11 is 5.67. The average Bonchev–Trinajstić information content (AvgIpc) is 2.68. The maximum Gasteiger partial charge on any atom is 0.573 e. The van der Waals surface area contributed by atoms with Gasteiger partial charge in [-0.2, -0.15) is 0 Å². The molecule has 0 amide bonds. The molecule has 0 radical (unpaired) electrons. The topological polar surface area (TPSA) is 9.23 Å². The van der Waals surface area contributed by atoms with Crippen LogP contribution in [0.3, 0.4) is 0 Å². The van der Waals surface area contributed by atoms with Crippen LogP contribution in [0.15, 0.2) is 60.1 Å². The van der Waals surface area contributed by atoms with Crippen molar-refractivity contribution in [1.29, 1.82) is 0 Å². The van der Waals surface area contributed by atoms with Gasteiger partial charge >= 0.3 is 6.36 Å². The number of hydrogen-bond acceptors (Lipinski definition) is 1. The van der Waals surface area contributed by atoms with E-state index in [0.29, 0.717) is 5.92 Å². The van der Waals surface area contributed by atoms with Gasteiger partial charge in [0, 0.05) is 5.54 Å². The molecule has 0 aromatic heterocycles. The van der Waals surface area contributed by atoms with E-state index in [9.17, 15) is 13.2 Å². The third-order valence-electron chi connectivity index (χ3n) is 5.45. The molecule has 2 aromatic carbocycles. The molecule has 0 aliphatic heterocycles. The Labute approximate surface area is 169 Å². The molecule has 28 heavy (non-hydrogen) atoms. The van der Waals surface area contributed by atoms with E-state index in [1.165, 1.54) is 49.8 Å². The Hall–Kier alpha value is -1.94. The highest BCUT2D eigenvalue weighted by molar-refractivity contribution is 6.25. The Morgan fingerprint density at radius 1 is 0.893 bits per heavy atom. The molecule has 0 atom stereocenters. The Balaban J connectivity index is 1.51. The van der Waals surface area contributed by atoms with Gasteiger partial charge in [0.1, 0.15) is 5.75 Å². The predicted octanol–water partition coefficient (Wildman–Crippen LogP) is 7.74. The van der Waals surface area contributed by atoms with Crippen molar-refractivity contribution in [2.24, 2.45) is 11.8 Å². The fourth-order valence-electron chi connectivity index (χ4n) is 3.86. The van der Waals surface area contributed by atoms with Crippen LogP contribution >= 0.6 is 11.6 Å². The molecule has 2 aromatic rings. The van der Waals surface area contributed by atoms with Crippen LogP contribution < -0.4 is 4.74 Å². The van der Waals surface area contributed by atoms with E-state index in [1.54, 1.807) is 17.7 Å². The van der Waals surface area contributed by atoms with Crippen LogP contribution in [0.4, 0.5) is 13.2 Å². The van der Waals surface area contributed by atoms with E-state index in [4.69, 9.17) is 11.6 Å². The fourth-order valence-corrected chi connectivity index (χ4v) is 4.06. The van der Waals surface area contributed by atoms with Gasteiger partial charge in [-0.1, -0.05) is 54.1 Å². The Kier molecular flexibility index (Phi) is 7.06. The summed E-state index contributed by atoms with van der Waals surface area (Å²) in [5.74, 6) is 1.21. The van der Waals surface area contributed by atoms with Crippen molar-refractivity contribution < 1.29 is 17.9 Å². The summed E-state index contributed by atoms with van der Waals surface area (Å²) in [6.45, 7) is 0. The van der Waals surface area contributed by atoms with Crippen LogP contribution in [0.25, 0.3) is 11.1 Å². The zero-order valence-electron chi connectivity index (χ0n) is 15.6. The zero-order chi connectivity index (χ0) is 20.0. The minimum atomic E-state index is -4.66. The Morgan fingerprint density at radius 2 is 1.46 bits per heavy atom. The number of halogens is 4. The molecule has 5 heteroatoms. The van der Waals surface area contributed by atoms with E-state index in [-0.39, 0.29) is 5.75 Å². The van der Waals surface area contributed by atoms with Crippen molar-refractivity contribution in [1.82, 2.24) is 0 Å². The lowest BCUT2D eigenvalue weighted by atomic mass is 9.79. The quantitative estimate of drug-likeness (QED) is 0.474. The smallest absolute Gasteiger partial charge is 0.406 e. The molecule has 1 fully saturated rings. The third-order valence-corrected chi connectivity index (χ3v) is 5.60. The molecular formula is C23H24ClF3O. The number of ether oxygens (including phenoxy) is 1. The summed E-state index contributed by atoms with van der Waals surface area (Å²) in [4.78, 5) is 0. The highest BCUT2D eigenvalue weighted by atomic mass is 35.5. The number of alkyl halides is 3. The first kappa shape index (κ1) is 20.8. The van der Waals surface area contributed by atoms with Crippen LogP contribution in [-0.2, 0) is 6.42 Å². The number of allylic oxidation sites excluding steroid dienone is 1. The molecule has 1 aliphatic carbocycles. The van der Waals surface area contributed by atoms with Gasteiger partial charge in [0.05, 0.1) is 0 Å². The minimum absolute atomic E-state index is 0.205. The van der Waals surface area contributed by atoms with Crippen molar-refractivity contribution in [3.63, 3.8) is 0 Å². The second-order valence-corrected chi connectivity index (χ2v) is 7.66. The van der Waals surface area contributed by atoms with Gasteiger partial charge in [-0.3, -0.25) is 0 Å². The molecule has 3 rings (SSSR count). The molecular weight excluding hydrogens is 385 g/mol. The van der Waals surface area contributed by atoms with Crippen LogP contribution in [0, 0.1) is 11.8 Å². The molecule has 1 saturated carbocycles. The van der Waals surface area contributed by atoms with E-state index in [2.05, 4.69) is 22.9 Å². The van der Waals surface area contributed by atoms with Crippen LogP contribution in [-0.4, -0.2) is 6.36 Å². The molecule has 150 valence electrons. The highest BCUT2D eigenvalue weighted by Gasteiger charge is 2.30. The van der Waals surface area contributed by atoms with E-state index in [1.807, 2.05) is 12.1 Å².